The SMILES string of the molecule is CN1C(=O)CCC(NCC(C)(O)C(=O)O)C1=O. The molecule has 7 heteroatoms. The summed E-state index contributed by atoms with van der Waals surface area (Å²) in [6, 6.07) is -0.622. The number of nitrogens with one attached hydrogen (secondary N) is 1. The lowest BCUT2D eigenvalue weighted by molar-refractivity contribution is -0.157. The predicted octanol–water partition coefficient (Wildman–Crippen LogP) is -1.44. The topological polar surface area (TPSA) is 107 Å². The van der Waals surface area contributed by atoms with Crippen molar-refractivity contribution in [3.05, 3.63) is 0 Å². The number of aliphatic hydroxyl groups is 1. The lowest BCUT2D eigenvalue weighted by Gasteiger charge is -2.30. The van der Waals surface area contributed by atoms with Crippen molar-refractivity contribution in [2.24, 2.45) is 0 Å². The number of carboxylic acid groups (broad SMARTS) is 1. The maximum absolute atomic E-state index is 11.6. The molecule has 1 aliphatic heterocycles. The zero-order valence-corrected chi connectivity index (χ0v) is 9.77. The Bertz CT molecular complexity index is 353. The molecule has 1 fully saturated rings. The molecular weight excluding hydrogens is 228 g/mol. The summed E-state index contributed by atoms with van der Waals surface area (Å²) < 4.78 is 0. The first-order chi connectivity index (χ1) is 7.75. The Balaban J connectivity index is 2.56. The van der Waals surface area contributed by atoms with Gasteiger partial charge in [-0.25, -0.2) is 4.79 Å². The first-order valence-electron chi connectivity index (χ1n) is 5.25. The van der Waals surface area contributed by atoms with Crippen LogP contribution in [-0.4, -0.2) is 58.1 Å². The maximum Gasteiger partial charge on any atom is 0.336 e. The van der Waals surface area contributed by atoms with Gasteiger partial charge in [0.25, 0.3) is 0 Å². The van der Waals surface area contributed by atoms with Gasteiger partial charge in [0, 0.05) is 20.0 Å². The molecule has 1 saturated heterocycles. The van der Waals surface area contributed by atoms with Gasteiger partial charge in [0.05, 0.1) is 6.04 Å². The van der Waals surface area contributed by atoms with E-state index in [1.165, 1.54) is 7.05 Å². The van der Waals surface area contributed by atoms with Crippen LogP contribution in [0.2, 0.25) is 0 Å². The molecular formula is C10H16N2O5. The smallest absolute Gasteiger partial charge is 0.336 e. The summed E-state index contributed by atoms with van der Waals surface area (Å²) in [5.74, 6) is -2.02. The molecule has 2 atom stereocenters. The van der Waals surface area contributed by atoms with Gasteiger partial charge >= 0.3 is 5.97 Å². The molecule has 0 aromatic heterocycles. The van der Waals surface area contributed by atoms with Gasteiger partial charge in [-0.15, -0.1) is 0 Å². The van der Waals surface area contributed by atoms with E-state index in [-0.39, 0.29) is 18.9 Å². The van der Waals surface area contributed by atoms with E-state index in [0.717, 1.165) is 11.8 Å². The van der Waals surface area contributed by atoms with Crippen molar-refractivity contribution in [2.75, 3.05) is 13.6 Å². The van der Waals surface area contributed by atoms with Gasteiger partial charge in [0.15, 0.2) is 5.60 Å². The molecule has 7 nitrogen and oxygen atoms in total. The normalized spacial score (nSPS) is 24.6. The Labute approximate surface area is 98.4 Å². The molecule has 1 rings (SSSR count). The predicted molar refractivity (Wildman–Crippen MR) is 57.1 cm³/mol. The lowest BCUT2D eigenvalue weighted by Crippen LogP contribution is -2.55. The summed E-state index contributed by atoms with van der Waals surface area (Å²) in [6.07, 6.45) is 0.548. The fourth-order valence-electron chi connectivity index (χ4n) is 1.50. The Morgan fingerprint density at radius 1 is 1.59 bits per heavy atom. The van der Waals surface area contributed by atoms with E-state index in [2.05, 4.69) is 5.32 Å². The largest absolute Gasteiger partial charge is 0.479 e. The highest BCUT2D eigenvalue weighted by Gasteiger charge is 2.35. The van der Waals surface area contributed by atoms with E-state index in [4.69, 9.17) is 5.11 Å². The van der Waals surface area contributed by atoms with Crippen LogP contribution in [0.25, 0.3) is 0 Å². The van der Waals surface area contributed by atoms with Crippen LogP contribution in [-0.2, 0) is 14.4 Å². The van der Waals surface area contributed by atoms with Gasteiger partial charge in [0.2, 0.25) is 11.8 Å². The number of carbonyl (C=O) groups excluding carboxylic acids is 2. The van der Waals surface area contributed by atoms with Gasteiger partial charge < -0.3 is 15.5 Å². The van der Waals surface area contributed by atoms with E-state index in [1.807, 2.05) is 0 Å². The van der Waals surface area contributed by atoms with Crippen LogP contribution < -0.4 is 5.32 Å². The van der Waals surface area contributed by atoms with Crippen LogP contribution in [0.3, 0.4) is 0 Å². The van der Waals surface area contributed by atoms with Crippen LogP contribution in [0.5, 0.6) is 0 Å². The zero-order chi connectivity index (χ0) is 13.2. The number of aliphatic carboxylic acids is 1. The van der Waals surface area contributed by atoms with Crippen molar-refractivity contribution in [2.45, 2.75) is 31.4 Å². The van der Waals surface area contributed by atoms with E-state index in [0.29, 0.717) is 6.42 Å². The molecule has 0 radical (unpaired) electrons. The van der Waals surface area contributed by atoms with Gasteiger partial charge in [-0.05, 0) is 13.3 Å². The Morgan fingerprint density at radius 2 is 2.18 bits per heavy atom. The van der Waals surface area contributed by atoms with Crippen LogP contribution >= 0.6 is 0 Å². The van der Waals surface area contributed by atoms with E-state index in [9.17, 15) is 19.5 Å². The maximum atomic E-state index is 11.6. The van der Waals surface area contributed by atoms with Crippen molar-refractivity contribution in [1.82, 2.24) is 10.2 Å². The number of amides is 2. The zero-order valence-electron chi connectivity index (χ0n) is 9.77. The van der Waals surface area contributed by atoms with Crippen molar-refractivity contribution < 1.29 is 24.6 Å². The summed E-state index contributed by atoms with van der Waals surface area (Å²) in [6.45, 7) is 0.894. The number of likely N-dealkylation sites (N-methyl/N-ethyl adjacent to an activating group) is 1. The second-order valence-corrected chi connectivity index (χ2v) is 4.34. The number of nitrogens with zero attached hydrogens (tertiary/aromatic N) is 1. The molecule has 1 aliphatic rings. The van der Waals surface area contributed by atoms with E-state index >= 15 is 0 Å². The monoisotopic (exact) mass is 244 g/mol. The van der Waals surface area contributed by atoms with Crippen molar-refractivity contribution >= 4 is 17.8 Å². The lowest BCUT2D eigenvalue weighted by atomic mass is 10.0. The Hall–Kier alpha value is -1.47. The summed E-state index contributed by atoms with van der Waals surface area (Å²) in [7, 11) is 1.38. The molecule has 0 bridgehead atoms. The third-order valence-corrected chi connectivity index (χ3v) is 2.80. The standard InChI is InChI=1S/C10H16N2O5/c1-10(17,9(15)16)5-11-6-3-4-7(13)12(2)8(6)14/h6,11,17H,3-5H2,1-2H3,(H,15,16). The van der Waals surface area contributed by atoms with E-state index < -0.39 is 23.5 Å². The van der Waals surface area contributed by atoms with Gasteiger partial charge in [0.1, 0.15) is 0 Å². The molecule has 0 aromatic rings. The van der Waals surface area contributed by atoms with Gasteiger partial charge in [-0.2, -0.15) is 0 Å². The minimum atomic E-state index is -1.93. The Morgan fingerprint density at radius 3 is 2.71 bits per heavy atom. The second-order valence-electron chi connectivity index (χ2n) is 4.34. The highest BCUT2D eigenvalue weighted by atomic mass is 16.4. The van der Waals surface area contributed by atoms with Gasteiger partial charge in [-0.1, -0.05) is 0 Å². The molecule has 0 aromatic carbocycles. The van der Waals surface area contributed by atoms with Crippen LogP contribution in [0, 0.1) is 0 Å². The number of likely N-dealkylation sites (tertiary alicyclic amines) is 1. The number of carbonyl (C=O) groups is 3. The molecule has 0 aliphatic carbocycles. The second kappa shape index (κ2) is 4.80. The number of hydrogen-bond acceptors (Lipinski definition) is 5. The number of carboxylic acids is 1. The van der Waals surface area contributed by atoms with Gasteiger partial charge in [-0.3, -0.25) is 14.5 Å². The molecule has 2 unspecified atom stereocenters. The average molecular weight is 244 g/mol. The van der Waals surface area contributed by atoms with Crippen molar-refractivity contribution in [3.63, 3.8) is 0 Å². The number of hydrogen-bond donors (Lipinski definition) is 3. The summed E-state index contributed by atoms with van der Waals surface area (Å²) in [4.78, 5) is 34.5. The highest BCUT2D eigenvalue weighted by Crippen LogP contribution is 2.12. The first-order valence-corrected chi connectivity index (χ1v) is 5.25. The van der Waals surface area contributed by atoms with E-state index in [1.54, 1.807) is 0 Å². The highest BCUT2D eigenvalue weighted by molar-refractivity contribution is 6.00. The fraction of sp³-hybridized carbons (Fsp3) is 0.700. The molecule has 0 spiro atoms. The molecule has 3 N–H and O–H groups in total. The first kappa shape index (κ1) is 13.6. The molecule has 17 heavy (non-hydrogen) atoms. The number of piperidine rings is 1. The third-order valence-electron chi connectivity index (χ3n) is 2.80. The summed E-state index contributed by atoms with van der Waals surface area (Å²) >= 11 is 0. The fourth-order valence-corrected chi connectivity index (χ4v) is 1.50. The summed E-state index contributed by atoms with van der Waals surface area (Å²) in [5, 5.41) is 20.8. The minimum absolute atomic E-state index is 0.231. The molecule has 1 heterocycles. The quantitative estimate of drug-likeness (QED) is 0.523. The van der Waals surface area contributed by atoms with Crippen LogP contribution in [0.1, 0.15) is 19.8 Å². The van der Waals surface area contributed by atoms with Crippen molar-refractivity contribution in [3.8, 4) is 0 Å². The van der Waals surface area contributed by atoms with Crippen molar-refractivity contribution in [1.29, 1.82) is 0 Å². The summed E-state index contributed by atoms with van der Waals surface area (Å²) in [5.41, 5.74) is -1.93. The van der Waals surface area contributed by atoms with Crippen LogP contribution in [0.4, 0.5) is 0 Å². The minimum Gasteiger partial charge on any atom is -0.479 e. The molecule has 2 amide bonds. The Kier molecular flexibility index (Phi) is 3.84. The van der Waals surface area contributed by atoms with Crippen LogP contribution in [0.15, 0.2) is 0 Å². The third kappa shape index (κ3) is 3.01. The number of rotatable bonds is 4. The molecule has 96 valence electrons. The average Bonchev–Trinajstić information content (AvgIpc) is 2.25. The molecule has 0 saturated carbocycles. The number of imide groups is 1.